The van der Waals surface area contributed by atoms with Crippen LogP contribution in [0.1, 0.15) is 18.9 Å². The summed E-state index contributed by atoms with van der Waals surface area (Å²) in [5.41, 5.74) is 8.13. The van der Waals surface area contributed by atoms with Gasteiger partial charge in [0.25, 0.3) is 0 Å². The molecule has 0 bridgehead atoms. The van der Waals surface area contributed by atoms with Crippen molar-refractivity contribution in [3.63, 3.8) is 0 Å². The molecule has 0 amide bonds. The van der Waals surface area contributed by atoms with Crippen molar-refractivity contribution >= 4 is 10.9 Å². The molecule has 1 unspecified atom stereocenters. The van der Waals surface area contributed by atoms with E-state index in [0.717, 1.165) is 29.9 Å². The number of benzene rings is 1. The van der Waals surface area contributed by atoms with Gasteiger partial charge in [0, 0.05) is 29.2 Å². The fourth-order valence-corrected chi connectivity index (χ4v) is 2.10. The highest BCUT2D eigenvalue weighted by atomic mass is 16.5. The van der Waals surface area contributed by atoms with Crippen LogP contribution >= 0.6 is 0 Å². The summed E-state index contributed by atoms with van der Waals surface area (Å²) in [7, 11) is 3.29. The number of aromatic amines is 1. The monoisotopic (exact) mass is 248 g/mol. The molecule has 4 nitrogen and oxygen atoms in total. The Labute approximate surface area is 107 Å². The lowest BCUT2D eigenvalue weighted by Gasteiger charge is -2.08. The smallest absolute Gasteiger partial charge is 0.162 e. The Hall–Kier alpha value is -1.68. The van der Waals surface area contributed by atoms with E-state index in [-0.39, 0.29) is 6.04 Å². The Kier molecular flexibility index (Phi) is 3.77. The third-order valence-corrected chi connectivity index (χ3v) is 3.14. The van der Waals surface area contributed by atoms with E-state index in [1.54, 1.807) is 14.2 Å². The second-order valence-electron chi connectivity index (χ2n) is 4.58. The van der Waals surface area contributed by atoms with Crippen molar-refractivity contribution in [1.82, 2.24) is 4.98 Å². The van der Waals surface area contributed by atoms with Gasteiger partial charge in [-0.05, 0) is 31.4 Å². The Morgan fingerprint density at radius 1 is 1.22 bits per heavy atom. The Morgan fingerprint density at radius 3 is 2.50 bits per heavy atom. The number of ether oxygens (including phenoxy) is 2. The van der Waals surface area contributed by atoms with Gasteiger partial charge in [0.15, 0.2) is 11.5 Å². The van der Waals surface area contributed by atoms with Crippen molar-refractivity contribution in [3.05, 3.63) is 23.9 Å². The average molecular weight is 248 g/mol. The van der Waals surface area contributed by atoms with Gasteiger partial charge in [-0.3, -0.25) is 0 Å². The number of methoxy groups -OCH3 is 2. The van der Waals surface area contributed by atoms with Crippen LogP contribution in [-0.2, 0) is 6.42 Å². The van der Waals surface area contributed by atoms with Crippen LogP contribution in [0.25, 0.3) is 10.9 Å². The molecule has 1 aromatic carbocycles. The van der Waals surface area contributed by atoms with E-state index >= 15 is 0 Å². The van der Waals surface area contributed by atoms with Crippen molar-refractivity contribution in [2.75, 3.05) is 14.2 Å². The SMILES string of the molecule is COc1cc2[nH]cc(CCC(C)N)c2cc1OC. The zero-order valence-electron chi connectivity index (χ0n) is 11.1. The maximum absolute atomic E-state index is 5.80. The highest BCUT2D eigenvalue weighted by molar-refractivity contribution is 5.86. The van der Waals surface area contributed by atoms with Crippen LogP contribution in [0.4, 0.5) is 0 Å². The van der Waals surface area contributed by atoms with Crippen molar-refractivity contribution in [1.29, 1.82) is 0 Å². The Balaban J connectivity index is 2.39. The first kappa shape index (κ1) is 12.8. The van der Waals surface area contributed by atoms with Crippen LogP contribution in [0.3, 0.4) is 0 Å². The first-order valence-electron chi connectivity index (χ1n) is 6.13. The van der Waals surface area contributed by atoms with Gasteiger partial charge in [0.2, 0.25) is 0 Å². The Bertz CT molecular complexity index is 532. The number of hydrogen-bond donors (Lipinski definition) is 2. The number of H-pyrrole nitrogens is 1. The molecule has 4 heteroatoms. The van der Waals surface area contributed by atoms with Gasteiger partial charge >= 0.3 is 0 Å². The number of aryl methyl sites for hydroxylation is 1. The number of fused-ring (bicyclic) bond motifs is 1. The van der Waals surface area contributed by atoms with Crippen LogP contribution in [0, 0.1) is 0 Å². The molecule has 1 atom stereocenters. The van der Waals surface area contributed by atoms with E-state index in [4.69, 9.17) is 15.2 Å². The van der Waals surface area contributed by atoms with Gasteiger partial charge in [-0.15, -0.1) is 0 Å². The summed E-state index contributed by atoms with van der Waals surface area (Å²) in [4.78, 5) is 3.26. The molecule has 2 rings (SSSR count). The van der Waals surface area contributed by atoms with E-state index in [0.29, 0.717) is 0 Å². The number of nitrogens with one attached hydrogen (secondary N) is 1. The van der Waals surface area contributed by atoms with Gasteiger partial charge < -0.3 is 20.2 Å². The predicted molar refractivity (Wildman–Crippen MR) is 73.4 cm³/mol. The maximum atomic E-state index is 5.80. The second-order valence-corrected chi connectivity index (χ2v) is 4.58. The quantitative estimate of drug-likeness (QED) is 0.854. The molecule has 2 aromatic rings. The first-order chi connectivity index (χ1) is 8.65. The van der Waals surface area contributed by atoms with E-state index in [1.165, 1.54) is 10.9 Å². The molecule has 0 fully saturated rings. The maximum Gasteiger partial charge on any atom is 0.162 e. The normalized spacial score (nSPS) is 12.7. The highest BCUT2D eigenvalue weighted by Gasteiger charge is 2.10. The van der Waals surface area contributed by atoms with Crippen LogP contribution in [0.5, 0.6) is 11.5 Å². The van der Waals surface area contributed by atoms with E-state index in [1.807, 2.05) is 25.3 Å². The van der Waals surface area contributed by atoms with Gasteiger partial charge in [0.05, 0.1) is 14.2 Å². The fourth-order valence-electron chi connectivity index (χ4n) is 2.10. The minimum absolute atomic E-state index is 0.218. The molecule has 0 radical (unpaired) electrons. The van der Waals surface area contributed by atoms with E-state index < -0.39 is 0 Å². The molecule has 0 aliphatic heterocycles. The van der Waals surface area contributed by atoms with Gasteiger partial charge in [0.1, 0.15) is 0 Å². The average Bonchev–Trinajstić information content (AvgIpc) is 2.76. The van der Waals surface area contributed by atoms with Crippen LogP contribution in [0.15, 0.2) is 18.3 Å². The van der Waals surface area contributed by atoms with Crippen molar-refractivity contribution in [3.8, 4) is 11.5 Å². The number of hydrogen-bond acceptors (Lipinski definition) is 3. The lowest BCUT2D eigenvalue weighted by atomic mass is 10.1. The molecule has 0 aliphatic rings. The molecule has 0 aliphatic carbocycles. The molecule has 1 heterocycles. The van der Waals surface area contributed by atoms with Crippen molar-refractivity contribution in [2.24, 2.45) is 5.73 Å². The summed E-state index contributed by atoms with van der Waals surface area (Å²) in [5.74, 6) is 1.50. The molecule has 18 heavy (non-hydrogen) atoms. The topological polar surface area (TPSA) is 60.3 Å². The van der Waals surface area contributed by atoms with Gasteiger partial charge in [-0.25, -0.2) is 0 Å². The summed E-state index contributed by atoms with van der Waals surface area (Å²) in [6.07, 6.45) is 3.97. The highest BCUT2D eigenvalue weighted by Crippen LogP contribution is 2.33. The minimum Gasteiger partial charge on any atom is -0.493 e. The minimum atomic E-state index is 0.218. The van der Waals surface area contributed by atoms with Crippen LogP contribution < -0.4 is 15.2 Å². The molecule has 0 saturated carbocycles. The summed E-state index contributed by atoms with van der Waals surface area (Å²) < 4.78 is 10.6. The summed E-state index contributed by atoms with van der Waals surface area (Å²) >= 11 is 0. The summed E-state index contributed by atoms with van der Waals surface area (Å²) in [6.45, 7) is 2.03. The third kappa shape index (κ3) is 2.43. The van der Waals surface area contributed by atoms with Gasteiger partial charge in [-0.1, -0.05) is 0 Å². The lowest BCUT2D eigenvalue weighted by molar-refractivity contribution is 0.356. The number of aromatic nitrogens is 1. The number of rotatable bonds is 5. The van der Waals surface area contributed by atoms with Crippen molar-refractivity contribution < 1.29 is 9.47 Å². The van der Waals surface area contributed by atoms with E-state index in [9.17, 15) is 0 Å². The predicted octanol–water partition coefficient (Wildman–Crippen LogP) is 2.46. The molecular formula is C14H20N2O2. The largest absolute Gasteiger partial charge is 0.493 e. The summed E-state index contributed by atoms with van der Waals surface area (Å²) in [6, 6.07) is 4.19. The molecule has 3 N–H and O–H groups in total. The van der Waals surface area contributed by atoms with Crippen LogP contribution in [0.2, 0.25) is 0 Å². The zero-order valence-corrected chi connectivity index (χ0v) is 11.1. The third-order valence-electron chi connectivity index (χ3n) is 3.14. The van der Waals surface area contributed by atoms with Crippen molar-refractivity contribution in [2.45, 2.75) is 25.8 Å². The lowest BCUT2D eigenvalue weighted by Crippen LogP contribution is -2.15. The van der Waals surface area contributed by atoms with Gasteiger partial charge in [-0.2, -0.15) is 0 Å². The molecule has 1 aromatic heterocycles. The van der Waals surface area contributed by atoms with E-state index in [2.05, 4.69) is 4.98 Å². The fraction of sp³-hybridized carbons (Fsp3) is 0.429. The summed E-state index contributed by atoms with van der Waals surface area (Å²) in [5, 5.41) is 1.17. The zero-order chi connectivity index (χ0) is 13.1. The molecule has 98 valence electrons. The molecule has 0 saturated heterocycles. The standard InChI is InChI=1S/C14H20N2O2/c1-9(15)4-5-10-8-16-12-7-14(18-3)13(17-2)6-11(10)12/h6-9,16H,4-5,15H2,1-3H3. The molecule has 0 spiro atoms. The first-order valence-corrected chi connectivity index (χ1v) is 6.13. The van der Waals surface area contributed by atoms with Crippen LogP contribution in [-0.4, -0.2) is 25.2 Å². The second kappa shape index (κ2) is 5.31. The Morgan fingerprint density at radius 2 is 1.89 bits per heavy atom. The molecular weight excluding hydrogens is 228 g/mol. The number of nitrogens with two attached hydrogens (primary N) is 1.